The van der Waals surface area contributed by atoms with Gasteiger partial charge in [-0.3, -0.25) is 9.59 Å². The number of hydrogen-bond acceptors (Lipinski definition) is 10. The number of carbonyl (C=O) groups is 2. The van der Waals surface area contributed by atoms with E-state index in [9.17, 15) is 9.59 Å². The monoisotopic (exact) mass is 488 g/mol. The molecule has 202 valence electrons. The molecular weight excluding hydrogens is 436 g/mol. The molecule has 12 nitrogen and oxygen atoms in total. The molecule has 10 N–H and O–H groups in total. The van der Waals surface area contributed by atoms with Crippen molar-refractivity contribution in [1.29, 1.82) is 0 Å². The number of nitrogens with one attached hydrogen (secondary N) is 10. The molecule has 0 fully saturated rings. The van der Waals surface area contributed by atoms with E-state index in [4.69, 9.17) is 0 Å². The molecule has 0 aliphatic rings. The van der Waals surface area contributed by atoms with Crippen molar-refractivity contribution in [3.05, 3.63) is 0 Å². The lowest BCUT2D eigenvalue weighted by molar-refractivity contribution is -0.119. The molecule has 2 amide bonds. The van der Waals surface area contributed by atoms with Crippen molar-refractivity contribution < 1.29 is 9.59 Å². The van der Waals surface area contributed by atoms with Gasteiger partial charge in [-0.2, -0.15) is 0 Å². The number of hydrogen-bond donors (Lipinski definition) is 10. The van der Waals surface area contributed by atoms with Crippen molar-refractivity contribution in [3.8, 4) is 0 Å². The van der Waals surface area contributed by atoms with E-state index in [0.717, 1.165) is 105 Å². The molecule has 0 atom stereocenters. The van der Waals surface area contributed by atoms with Crippen LogP contribution in [-0.4, -0.2) is 130 Å². The van der Waals surface area contributed by atoms with Gasteiger partial charge in [-0.1, -0.05) is 0 Å². The van der Waals surface area contributed by atoms with E-state index in [0.29, 0.717) is 13.1 Å². The molecule has 0 saturated carbocycles. The molecule has 12 heteroatoms. The minimum atomic E-state index is 0.0164. The summed E-state index contributed by atoms with van der Waals surface area (Å²) in [6.07, 6.45) is 0. The number of carbonyl (C=O) groups excluding carboxylic acids is 2. The Morgan fingerprint density at radius 1 is 0.324 bits per heavy atom. The van der Waals surface area contributed by atoms with E-state index < -0.39 is 0 Å². The SMILES string of the molecule is CC(=O)NCCNCCNCCNCCNCCNCCNCCNCCNCCNC(C)=O. The third-order valence-corrected chi connectivity index (χ3v) is 4.70. The first-order valence-corrected chi connectivity index (χ1v) is 12.8. The van der Waals surface area contributed by atoms with Crippen LogP contribution < -0.4 is 53.2 Å². The highest BCUT2D eigenvalue weighted by molar-refractivity contribution is 5.73. The first-order chi connectivity index (χ1) is 16.6. The molecule has 0 radical (unpaired) electrons. The number of amides is 2. The Morgan fingerprint density at radius 2 is 0.471 bits per heavy atom. The highest BCUT2D eigenvalue weighted by atomic mass is 16.2. The summed E-state index contributed by atoms with van der Waals surface area (Å²) in [5.41, 5.74) is 0. The zero-order valence-corrected chi connectivity index (χ0v) is 21.5. The van der Waals surface area contributed by atoms with Gasteiger partial charge >= 0.3 is 0 Å². The standard InChI is InChI=1S/C22H52N10O2/c1-21(33)31-19-17-29-15-13-27-11-9-25-7-5-23-3-4-24-6-8-26-10-12-28-14-16-30-18-20-32-22(2)34/h23-30H,3-20H2,1-2H3,(H,31,33)(H,32,34). The van der Waals surface area contributed by atoms with Gasteiger partial charge in [0, 0.05) is 132 Å². The van der Waals surface area contributed by atoms with Crippen LogP contribution in [0.4, 0.5) is 0 Å². The molecule has 0 aromatic carbocycles. The average molecular weight is 489 g/mol. The van der Waals surface area contributed by atoms with Gasteiger partial charge in [0.25, 0.3) is 0 Å². The lowest BCUT2D eigenvalue weighted by atomic mass is 10.5. The average Bonchev–Trinajstić information content (AvgIpc) is 2.80. The summed E-state index contributed by atoms with van der Waals surface area (Å²) in [7, 11) is 0. The summed E-state index contributed by atoms with van der Waals surface area (Å²) in [6.45, 7) is 19.3. The molecule has 0 unspecified atom stereocenters. The second-order valence-corrected chi connectivity index (χ2v) is 7.97. The van der Waals surface area contributed by atoms with Crippen molar-refractivity contribution in [1.82, 2.24) is 53.2 Å². The third kappa shape index (κ3) is 30.6. The Balaban J connectivity index is 3.03. The Labute approximate surface area is 206 Å². The van der Waals surface area contributed by atoms with E-state index in [2.05, 4.69) is 53.2 Å². The second-order valence-electron chi connectivity index (χ2n) is 7.97. The Kier molecular flexibility index (Phi) is 26.7. The summed E-state index contributed by atoms with van der Waals surface area (Å²) in [6, 6.07) is 0. The van der Waals surface area contributed by atoms with E-state index >= 15 is 0 Å². The minimum absolute atomic E-state index is 0.0164. The van der Waals surface area contributed by atoms with Gasteiger partial charge in [-0.25, -0.2) is 0 Å². The Bertz CT molecular complexity index is 417. The van der Waals surface area contributed by atoms with Crippen LogP contribution in [0.5, 0.6) is 0 Å². The fraction of sp³-hybridized carbons (Fsp3) is 0.909. The maximum atomic E-state index is 10.7. The van der Waals surface area contributed by atoms with E-state index in [1.807, 2.05) is 0 Å². The first-order valence-electron chi connectivity index (χ1n) is 12.8. The molecular formula is C22H52N10O2. The van der Waals surface area contributed by atoms with Gasteiger partial charge in [0.2, 0.25) is 11.8 Å². The lowest BCUT2D eigenvalue weighted by Crippen LogP contribution is -2.38. The summed E-state index contributed by atoms with van der Waals surface area (Å²) in [5.74, 6) is 0.0329. The molecule has 0 aliphatic heterocycles. The van der Waals surface area contributed by atoms with E-state index in [1.54, 1.807) is 0 Å². The predicted octanol–water partition coefficient (Wildman–Crippen LogP) is -4.02. The third-order valence-electron chi connectivity index (χ3n) is 4.70. The molecule has 0 aromatic heterocycles. The molecule has 0 aromatic rings. The highest BCUT2D eigenvalue weighted by Gasteiger charge is 1.93. The quantitative estimate of drug-likeness (QED) is 0.0517. The summed E-state index contributed by atoms with van der Waals surface area (Å²) < 4.78 is 0. The molecule has 0 bridgehead atoms. The topological polar surface area (TPSA) is 154 Å². The van der Waals surface area contributed by atoms with Crippen LogP contribution >= 0.6 is 0 Å². The van der Waals surface area contributed by atoms with Crippen molar-refractivity contribution in [3.63, 3.8) is 0 Å². The Morgan fingerprint density at radius 3 is 0.618 bits per heavy atom. The van der Waals surface area contributed by atoms with Gasteiger partial charge in [0.15, 0.2) is 0 Å². The smallest absolute Gasteiger partial charge is 0.216 e. The van der Waals surface area contributed by atoms with Crippen LogP contribution in [0.15, 0.2) is 0 Å². The maximum absolute atomic E-state index is 10.7. The predicted molar refractivity (Wildman–Crippen MR) is 140 cm³/mol. The van der Waals surface area contributed by atoms with Gasteiger partial charge in [-0.05, 0) is 0 Å². The fourth-order valence-corrected chi connectivity index (χ4v) is 2.89. The second kappa shape index (κ2) is 27.9. The van der Waals surface area contributed by atoms with Crippen molar-refractivity contribution >= 4 is 11.8 Å². The molecule has 0 saturated heterocycles. The molecule has 0 rings (SSSR count). The van der Waals surface area contributed by atoms with Gasteiger partial charge in [0.05, 0.1) is 0 Å². The Hall–Kier alpha value is -1.38. The number of rotatable bonds is 27. The maximum Gasteiger partial charge on any atom is 0.216 e. The fourth-order valence-electron chi connectivity index (χ4n) is 2.89. The summed E-state index contributed by atoms with van der Waals surface area (Å²) in [4.78, 5) is 21.4. The van der Waals surface area contributed by atoms with Crippen molar-refractivity contribution in [2.24, 2.45) is 0 Å². The van der Waals surface area contributed by atoms with Gasteiger partial charge in [0.1, 0.15) is 0 Å². The van der Waals surface area contributed by atoms with Crippen LogP contribution in [0, 0.1) is 0 Å². The minimum Gasteiger partial charge on any atom is -0.355 e. The van der Waals surface area contributed by atoms with Crippen molar-refractivity contribution in [2.45, 2.75) is 13.8 Å². The van der Waals surface area contributed by atoms with Crippen LogP contribution in [0.2, 0.25) is 0 Å². The zero-order chi connectivity index (χ0) is 25.0. The zero-order valence-electron chi connectivity index (χ0n) is 21.5. The van der Waals surface area contributed by atoms with Crippen LogP contribution in [0.3, 0.4) is 0 Å². The van der Waals surface area contributed by atoms with Crippen LogP contribution in [-0.2, 0) is 9.59 Å². The summed E-state index contributed by atoms with van der Waals surface area (Å²) in [5, 5.41) is 32.5. The molecule has 0 aliphatic carbocycles. The van der Waals surface area contributed by atoms with E-state index in [-0.39, 0.29) is 11.8 Å². The summed E-state index contributed by atoms with van der Waals surface area (Å²) >= 11 is 0. The van der Waals surface area contributed by atoms with Crippen LogP contribution in [0.25, 0.3) is 0 Å². The van der Waals surface area contributed by atoms with Gasteiger partial charge in [-0.15, -0.1) is 0 Å². The van der Waals surface area contributed by atoms with Crippen molar-refractivity contribution in [2.75, 3.05) is 118 Å². The van der Waals surface area contributed by atoms with Crippen LogP contribution in [0.1, 0.15) is 13.8 Å². The molecule has 0 spiro atoms. The first kappa shape index (κ1) is 32.6. The van der Waals surface area contributed by atoms with Gasteiger partial charge < -0.3 is 53.2 Å². The van der Waals surface area contributed by atoms with E-state index in [1.165, 1.54) is 13.8 Å². The highest BCUT2D eigenvalue weighted by Crippen LogP contribution is 1.67. The largest absolute Gasteiger partial charge is 0.355 e. The molecule has 34 heavy (non-hydrogen) atoms. The normalized spacial score (nSPS) is 11.0. The molecule has 0 heterocycles. The lowest BCUT2D eigenvalue weighted by Gasteiger charge is -2.10.